The Hall–Kier alpha value is -0.620. The van der Waals surface area contributed by atoms with Crippen molar-refractivity contribution in [1.29, 1.82) is 0 Å². The van der Waals surface area contributed by atoms with Crippen molar-refractivity contribution < 1.29 is 18.0 Å². The summed E-state index contributed by atoms with van der Waals surface area (Å²) in [6.07, 6.45) is -4.06. The van der Waals surface area contributed by atoms with Crippen LogP contribution in [0.4, 0.5) is 13.2 Å². The van der Waals surface area contributed by atoms with Crippen molar-refractivity contribution in [3.63, 3.8) is 0 Å². The lowest BCUT2D eigenvalue weighted by atomic mass is 10.3. The number of carbonyl (C=O) groups is 1. The summed E-state index contributed by atoms with van der Waals surface area (Å²) in [5, 5.41) is 0. The van der Waals surface area contributed by atoms with E-state index >= 15 is 0 Å². The molecule has 0 amide bonds. The second-order valence-electron chi connectivity index (χ2n) is 3.20. The molecule has 6 heteroatoms. The second-order valence-corrected chi connectivity index (χ2v) is 3.20. The average molecular weight is 196 g/mol. The number of ketones is 1. The topological polar surface area (TPSA) is 46.3 Å². The molecular weight excluding hydrogens is 185 g/mol. The molecule has 1 aliphatic heterocycles. The molecule has 1 aliphatic rings. The van der Waals surface area contributed by atoms with Gasteiger partial charge in [-0.2, -0.15) is 13.2 Å². The summed E-state index contributed by atoms with van der Waals surface area (Å²) in [4.78, 5) is 12.0. The molecule has 0 spiro atoms. The lowest BCUT2D eigenvalue weighted by molar-refractivity contribution is -0.171. The number of hydrogen-bond donors (Lipinski definition) is 1. The Balaban J connectivity index is 2.37. The van der Waals surface area contributed by atoms with Gasteiger partial charge >= 0.3 is 6.18 Å². The molecule has 0 aromatic rings. The number of likely N-dealkylation sites (tertiary alicyclic amines) is 1. The molecule has 1 fully saturated rings. The van der Waals surface area contributed by atoms with Gasteiger partial charge < -0.3 is 5.73 Å². The van der Waals surface area contributed by atoms with Gasteiger partial charge in [0.2, 0.25) is 5.78 Å². The van der Waals surface area contributed by atoms with Gasteiger partial charge in [0.25, 0.3) is 0 Å². The normalized spacial score (nSPS) is 25.1. The number of rotatable bonds is 2. The Bertz CT molecular complexity index is 204. The van der Waals surface area contributed by atoms with E-state index in [4.69, 9.17) is 5.73 Å². The molecule has 13 heavy (non-hydrogen) atoms. The molecule has 3 nitrogen and oxygen atoms in total. The van der Waals surface area contributed by atoms with E-state index in [9.17, 15) is 18.0 Å². The molecule has 1 atom stereocenters. The van der Waals surface area contributed by atoms with Crippen molar-refractivity contribution >= 4 is 5.78 Å². The third-order valence-corrected chi connectivity index (χ3v) is 1.99. The maximum Gasteiger partial charge on any atom is 0.451 e. The van der Waals surface area contributed by atoms with Crippen LogP contribution in [-0.2, 0) is 4.79 Å². The summed E-state index contributed by atoms with van der Waals surface area (Å²) < 4.78 is 35.4. The molecule has 0 aromatic heterocycles. The Labute approximate surface area is 73.7 Å². The predicted molar refractivity (Wildman–Crippen MR) is 40.1 cm³/mol. The smallest absolute Gasteiger partial charge is 0.326 e. The summed E-state index contributed by atoms with van der Waals surface area (Å²) in [7, 11) is 0. The van der Waals surface area contributed by atoms with Crippen LogP contribution in [0, 0.1) is 0 Å². The van der Waals surface area contributed by atoms with Crippen LogP contribution in [0.15, 0.2) is 0 Å². The van der Waals surface area contributed by atoms with Crippen molar-refractivity contribution in [3.05, 3.63) is 0 Å². The highest BCUT2D eigenvalue weighted by molar-refractivity contribution is 5.85. The van der Waals surface area contributed by atoms with Crippen molar-refractivity contribution in [3.8, 4) is 0 Å². The minimum absolute atomic E-state index is 0.0963. The van der Waals surface area contributed by atoms with Gasteiger partial charge in [-0.1, -0.05) is 0 Å². The van der Waals surface area contributed by atoms with Crippen LogP contribution < -0.4 is 5.73 Å². The summed E-state index contributed by atoms with van der Waals surface area (Å²) in [6, 6.07) is -0.0963. The number of Topliss-reactive ketones (excluding diaryl/α,β-unsaturated/α-hetero) is 1. The van der Waals surface area contributed by atoms with Crippen molar-refractivity contribution in [2.45, 2.75) is 18.6 Å². The fraction of sp³-hybridized carbons (Fsp3) is 0.857. The molecule has 0 bridgehead atoms. The number of nitrogens with zero attached hydrogens (tertiary/aromatic N) is 1. The van der Waals surface area contributed by atoms with Crippen LogP contribution in [0.2, 0.25) is 0 Å². The van der Waals surface area contributed by atoms with Gasteiger partial charge in [-0.15, -0.1) is 0 Å². The minimum Gasteiger partial charge on any atom is -0.326 e. The van der Waals surface area contributed by atoms with E-state index in [0.29, 0.717) is 19.5 Å². The molecular formula is C7H11F3N2O. The van der Waals surface area contributed by atoms with E-state index in [1.807, 2.05) is 0 Å². The molecule has 0 aliphatic carbocycles. The van der Waals surface area contributed by atoms with Crippen molar-refractivity contribution in [2.24, 2.45) is 5.73 Å². The number of carbonyl (C=O) groups excluding carboxylic acids is 1. The molecule has 0 aromatic carbocycles. The van der Waals surface area contributed by atoms with Gasteiger partial charge in [-0.25, -0.2) is 0 Å². The van der Waals surface area contributed by atoms with E-state index in [1.54, 1.807) is 0 Å². The number of nitrogens with two attached hydrogens (primary N) is 1. The minimum atomic E-state index is -4.72. The van der Waals surface area contributed by atoms with Gasteiger partial charge in [-0.3, -0.25) is 9.69 Å². The summed E-state index contributed by atoms with van der Waals surface area (Å²) in [5.74, 6) is -1.69. The van der Waals surface area contributed by atoms with E-state index in [1.165, 1.54) is 4.90 Å². The van der Waals surface area contributed by atoms with Crippen LogP contribution in [0.5, 0.6) is 0 Å². The highest BCUT2D eigenvalue weighted by atomic mass is 19.4. The Morgan fingerprint density at radius 1 is 1.54 bits per heavy atom. The Morgan fingerprint density at radius 3 is 2.54 bits per heavy atom. The van der Waals surface area contributed by atoms with Gasteiger partial charge in [0.05, 0.1) is 6.54 Å². The monoisotopic (exact) mass is 196 g/mol. The first-order valence-electron chi connectivity index (χ1n) is 3.97. The van der Waals surface area contributed by atoms with E-state index in [0.717, 1.165) is 0 Å². The summed E-state index contributed by atoms with van der Waals surface area (Å²) >= 11 is 0. The van der Waals surface area contributed by atoms with Gasteiger partial charge in [0.15, 0.2) is 0 Å². The lowest BCUT2D eigenvalue weighted by Crippen LogP contribution is -2.37. The zero-order chi connectivity index (χ0) is 10.1. The molecule has 0 radical (unpaired) electrons. The quantitative estimate of drug-likeness (QED) is 0.683. The predicted octanol–water partition coefficient (Wildman–Crippen LogP) is 0.151. The zero-order valence-corrected chi connectivity index (χ0v) is 6.97. The zero-order valence-electron chi connectivity index (χ0n) is 6.97. The first-order valence-corrected chi connectivity index (χ1v) is 3.97. The third-order valence-electron chi connectivity index (χ3n) is 1.99. The fourth-order valence-corrected chi connectivity index (χ4v) is 1.30. The lowest BCUT2D eigenvalue weighted by Gasteiger charge is -2.14. The van der Waals surface area contributed by atoms with Crippen LogP contribution in [0.1, 0.15) is 6.42 Å². The number of alkyl halides is 3. The molecule has 1 heterocycles. The first kappa shape index (κ1) is 10.5. The highest BCUT2D eigenvalue weighted by Crippen LogP contribution is 2.17. The summed E-state index contributed by atoms with van der Waals surface area (Å²) in [6.45, 7) is 0.294. The SMILES string of the molecule is N[C@H]1CCN(CC(=O)C(F)(F)F)C1. The first-order chi connectivity index (χ1) is 5.89. The Kier molecular flexibility index (Phi) is 2.92. The van der Waals surface area contributed by atoms with Gasteiger partial charge in [0.1, 0.15) is 0 Å². The van der Waals surface area contributed by atoms with E-state index in [2.05, 4.69) is 0 Å². The highest BCUT2D eigenvalue weighted by Gasteiger charge is 2.39. The van der Waals surface area contributed by atoms with Crippen LogP contribution in [0.3, 0.4) is 0 Å². The molecule has 1 saturated heterocycles. The van der Waals surface area contributed by atoms with Crippen LogP contribution >= 0.6 is 0 Å². The fourth-order valence-electron chi connectivity index (χ4n) is 1.30. The van der Waals surface area contributed by atoms with Gasteiger partial charge in [-0.05, 0) is 6.42 Å². The van der Waals surface area contributed by atoms with E-state index < -0.39 is 18.5 Å². The van der Waals surface area contributed by atoms with Crippen LogP contribution in [-0.4, -0.2) is 42.5 Å². The Morgan fingerprint density at radius 2 is 2.15 bits per heavy atom. The maximum absolute atomic E-state index is 11.8. The molecule has 0 unspecified atom stereocenters. The molecule has 0 saturated carbocycles. The number of hydrogen-bond acceptors (Lipinski definition) is 3. The maximum atomic E-state index is 11.8. The van der Waals surface area contributed by atoms with Crippen molar-refractivity contribution in [1.82, 2.24) is 4.90 Å². The van der Waals surface area contributed by atoms with Crippen molar-refractivity contribution in [2.75, 3.05) is 19.6 Å². The third kappa shape index (κ3) is 2.96. The van der Waals surface area contributed by atoms with E-state index in [-0.39, 0.29) is 6.04 Å². The standard InChI is InChI=1S/C7H11F3N2O/c8-7(9,10)6(13)4-12-2-1-5(11)3-12/h5H,1-4,11H2/t5-/m0/s1. The molecule has 1 rings (SSSR count). The largest absolute Gasteiger partial charge is 0.451 e. The second kappa shape index (κ2) is 3.63. The summed E-state index contributed by atoms with van der Waals surface area (Å²) in [5.41, 5.74) is 5.48. The average Bonchev–Trinajstić information content (AvgIpc) is 2.33. The molecule has 2 N–H and O–H groups in total. The van der Waals surface area contributed by atoms with Crippen LogP contribution in [0.25, 0.3) is 0 Å². The molecule has 76 valence electrons. The van der Waals surface area contributed by atoms with Gasteiger partial charge in [0, 0.05) is 19.1 Å². The number of halogens is 3.